The van der Waals surface area contributed by atoms with Gasteiger partial charge in [-0.05, 0) is 28.1 Å². The molecule has 0 aliphatic carbocycles. The maximum atomic E-state index is 10.8. The summed E-state index contributed by atoms with van der Waals surface area (Å²) in [6.45, 7) is 0.312. The first-order valence-electron chi connectivity index (χ1n) is 4.56. The Kier molecular flexibility index (Phi) is 3.36. The summed E-state index contributed by atoms with van der Waals surface area (Å²) in [6, 6.07) is 5.29. The van der Waals surface area contributed by atoms with Crippen molar-refractivity contribution < 1.29 is 14.1 Å². The Morgan fingerprint density at radius 3 is 3.06 bits per heavy atom. The van der Waals surface area contributed by atoms with Crippen LogP contribution in [-0.2, 0) is 6.61 Å². The molecule has 0 aliphatic heterocycles. The lowest BCUT2D eigenvalue weighted by Gasteiger charge is -2.08. The number of rotatable bonds is 4. The summed E-state index contributed by atoms with van der Waals surface area (Å²) in [5, 5.41) is 3.56. The molecule has 1 aromatic carbocycles. The third-order valence-electron chi connectivity index (χ3n) is 1.99. The van der Waals surface area contributed by atoms with Crippen LogP contribution in [0.25, 0.3) is 0 Å². The predicted octanol–water partition coefficient (Wildman–Crippen LogP) is 2.83. The molecule has 4 nitrogen and oxygen atoms in total. The maximum Gasteiger partial charge on any atom is 0.153 e. The van der Waals surface area contributed by atoms with E-state index in [2.05, 4.69) is 25.6 Å². The number of aldehydes is 1. The molecule has 1 heterocycles. The lowest BCUT2D eigenvalue weighted by Crippen LogP contribution is -1.98. The monoisotopic (exact) mass is 281 g/mol. The van der Waals surface area contributed by atoms with E-state index in [0.29, 0.717) is 17.9 Å². The number of hydrogen-bond acceptors (Lipinski definition) is 4. The number of benzene rings is 1. The Balaban J connectivity index is 2.17. The van der Waals surface area contributed by atoms with Gasteiger partial charge in [-0.1, -0.05) is 11.2 Å². The first-order valence-corrected chi connectivity index (χ1v) is 5.35. The normalized spacial score (nSPS) is 10.1. The van der Waals surface area contributed by atoms with Gasteiger partial charge in [0.1, 0.15) is 18.6 Å². The highest BCUT2D eigenvalue weighted by molar-refractivity contribution is 9.10. The van der Waals surface area contributed by atoms with E-state index in [4.69, 9.17) is 4.74 Å². The zero-order chi connectivity index (χ0) is 11.4. The van der Waals surface area contributed by atoms with Gasteiger partial charge in [-0.3, -0.25) is 4.79 Å². The lowest BCUT2D eigenvalue weighted by atomic mass is 10.2. The second kappa shape index (κ2) is 4.94. The van der Waals surface area contributed by atoms with Crippen molar-refractivity contribution in [2.24, 2.45) is 0 Å². The number of ether oxygens (including phenoxy) is 1. The second-order valence-electron chi connectivity index (χ2n) is 3.10. The molecule has 0 spiro atoms. The van der Waals surface area contributed by atoms with Crippen molar-refractivity contribution >= 4 is 22.2 Å². The Labute approximate surface area is 100 Å². The number of halogens is 1. The summed E-state index contributed by atoms with van der Waals surface area (Å²) in [5.74, 6) is 0.527. The van der Waals surface area contributed by atoms with Crippen molar-refractivity contribution in [3.05, 3.63) is 46.3 Å². The van der Waals surface area contributed by atoms with Crippen molar-refractivity contribution in [2.75, 3.05) is 0 Å². The fourth-order valence-electron chi connectivity index (χ4n) is 1.22. The summed E-state index contributed by atoms with van der Waals surface area (Å²) in [6.07, 6.45) is 3.82. The Hall–Kier alpha value is -1.62. The number of hydrogen-bond donors (Lipinski definition) is 0. The van der Waals surface area contributed by atoms with Crippen molar-refractivity contribution in [1.29, 1.82) is 0 Å². The molecule has 0 fully saturated rings. The van der Waals surface area contributed by atoms with Crippen LogP contribution in [0.4, 0.5) is 0 Å². The molecular weight excluding hydrogens is 274 g/mol. The van der Waals surface area contributed by atoms with Crippen LogP contribution in [0.3, 0.4) is 0 Å². The Morgan fingerprint density at radius 2 is 2.38 bits per heavy atom. The van der Waals surface area contributed by atoms with Crippen LogP contribution in [0, 0.1) is 0 Å². The maximum absolute atomic E-state index is 10.8. The van der Waals surface area contributed by atoms with Crippen molar-refractivity contribution in [3.8, 4) is 5.75 Å². The topological polar surface area (TPSA) is 52.3 Å². The van der Waals surface area contributed by atoms with Crippen LogP contribution in [-0.4, -0.2) is 11.4 Å². The largest absolute Gasteiger partial charge is 0.487 e. The first kappa shape index (κ1) is 10.9. The SMILES string of the molecule is O=Cc1cccc(Br)c1OCc1cnoc1. The average molecular weight is 282 g/mol. The zero-order valence-corrected chi connectivity index (χ0v) is 9.81. The summed E-state index contributed by atoms with van der Waals surface area (Å²) in [4.78, 5) is 10.8. The summed E-state index contributed by atoms with van der Waals surface area (Å²) in [5.41, 5.74) is 1.32. The lowest BCUT2D eigenvalue weighted by molar-refractivity contribution is 0.111. The van der Waals surface area contributed by atoms with E-state index in [1.54, 1.807) is 18.3 Å². The molecule has 0 saturated carbocycles. The third-order valence-corrected chi connectivity index (χ3v) is 2.62. The van der Waals surface area contributed by atoms with E-state index in [-0.39, 0.29) is 0 Å². The second-order valence-corrected chi connectivity index (χ2v) is 3.95. The van der Waals surface area contributed by atoms with Gasteiger partial charge in [0.05, 0.1) is 16.2 Å². The number of para-hydroxylation sites is 1. The molecular formula is C11H8BrNO3. The van der Waals surface area contributed by atoms with Crippen LogP contribution in [0.1, 0.15) is 15.9 Å². The molecule has 5 heteroatoms. The van der Waals surface area contributed by atoms with Crippen molar-refractivity contribution in [2.45, 2.75) is 6.61 Å². The Morgan fingerprint density at radius 1 is 1.50 bits per heavy atom. The predicted molar refractivity (Wildman–Crippen MR) is 60.4 cm³/mol. The molecule has 0 bridgehead atoms. The average Bonchev–Trinajstić information content (AvgIpc) is 2.80. The standard InChI is InChI=1S/C11H8BrNO3/c12-10-3-1-2-9(5-14)11(10)15-6-8-4-13-16-7-8/h1-5,7H,6H2. The molecule has 0 atom stereocenters. The smallest absolute Gasteiger partial charge is 0.153 e. The number of nitrogens with zero attached hydrogens (tertiary/aromatic N) is 1. The van der Waals surface area contributed by atoms with E-state index in [1.165, 1.54) is 6.26 Å². The Bertz CT molecular complexity index is 482. The first-order chi connectivity index (χ1) is 7.81. The van der Waals surface area contributed by atoms with Gasteiger partial charge in [-0.2, -0.15) is 0 Å². The van der Waals surface area contributed by atoms with Crippen LogP contribution in [0.2, 0.25) is 0 Å². The van der Waals surface area contributed by atoms with Crippen LogP contribution < -0.4 is 4.74 Å². The molecule has 0 aliphatic rings. The van der Waals surface area contributed by atoms with E-state index in [9.17, 15) is 4.79 Å². The van der Waals surface area contributed by atoms with E-state index < -0.39 is 0 Å². The fourth-order valence-corrected chi connectivity index (χ4v) is 1.72. The minimum absolute atomic E-state index is 0.312. The van der Waals surface area contributed by atoms with Gasteiger partial charge in [0.15, 0.2) is 6.29 Å². The molecule has 1 aromatic heterocycles. The molecule has 0 amide bonds. The molecule has 0 radical (unpaired) electrons. The van der Waals surface area contributed by atoms with Gasteiger partial charge in [-0.15, -0.1) is 0 Å². The summed E-state index contributed by atoms with van der Waals surface area (Å²) < 4.78 is 10.9. The van der Waals surface area contributed by atoms with Gasteiger partial charge in [-0.25, -0.2) is 0 Å². The van der Waals surface area contributed by atoms with Gasteiger partial charge in [0.2, 0.25) is 0 Å². The van der Waals surface area contributed by atoms with Crippen LogP contribution >= 0.6 is 15.9 Å². The fraction of sp³-hybridized carbons (Fsp3) is 0.0909. The van der Waals surface area contributed by atoms with Gasteiger partial charge in [0, 0.05) is 5.56 Å². The van der Waals surface area contributed by atoms with Gasteiger partial charge >= 0.3 is 0 Å². The van der Waals surface area contributed by atoms with Gasteiger partial charge in [0.25, 0.3) is 0 Å². The molecule has 16 heavy (non-hydrogen) atoms. The number of carbonyl (C=O) groups is 1. The molecule has 2 rings (SSSR count). The van der Waals surface area contributed by atoms with Gasteiger partial charge < -0.3 is 9.26 Å². The zero-order valence-electron chi connectivity index (χ0n) is 8.22. The highest BCUT2D eigenvalue weighted by atomic mass is 79.9. The van der Waals surface area contributed by atoms with E-state index >= 15 is 0 Å². The molecule has 0 N–H and O–H groups in total. The quantitative estimate of drug-likeness (QED) is 0.809. The minimum Gasteiger partial charge on any atom is -0.487 e. The molecule has 0 saturated heterocycles. The number of carbonyl (C=O) groups excluding carboxylic acids is 1. The van der Waals surface area contributed by atoms with Crippen molar-refractivity contribution in [3.63, 3.8) is 0 Å². The molecule has 2 aromatic rings. The van der Waals surface area contributed by atoms with Crippen molar-refractivity contribution in [1.82, 2.24) is 5.16 Å². The van der Waals surface area contributed by atoms with Crippen LogP contribution in [0.5, 0.6) is 5.75 Å². The van der Waals surface area contributed by atoms with E-state index in [1.807, 2.05) is 6.07 Å². The highest BCUT2D eigenvalue weighted by Crippen LogP contribution is 2.28. The molecule has 0 unspecified atom stereocenters. The van der Waals surface area contributed by atoms with E-state index in [0.717, 1.165) is 16.3 Å². The minimum atomic E-state index is 0.312. The highest BCUT2D eigenvalue weighted by Gasteiger charge is 2.07. The summed E-state index contributed by atoms with van der Waals surface area (Å²) >= 11 is 3.33. The number of aromatic nitrogens is 1. The van der Waals surface area contributed by atoms with Crippen LogP contribution in [0.15, 0.2) is 39.7 Å². The third kappa shape index (κ3) is 2.30. The summed E-state index contributed by atoms with van der Waals surface area (Å²) in [7, 11) is 0. The molecule has 82 valence electrons.